The third-order valence-electron chi connectivity index (χ3n) is 5.80. The molecule has 4 nitrogen and oxygen atoms in total. The average Bonchev–Trinajstić information content (AvgIpc) is 2.70. The van der Waals surface area contributed by atoms with Gasteiger partial charge in [-0.05, 0) is 12.8 Å². The molecule has 0 saturated heterocycles. The molecule has 0 bridgehead atoms. The van der Waals surface area contributed by atoms with E-state index in [0.717, 1.165) is 26.2 Å². The highest BCUT2D eigenvalue weighted by Crippen LogP contribution is 2.14. The number of carbonyl (C=O) groups is 1. The van der Waals surface area contributed by atoms with Crippen LogP contribution in [-0.4, -0.2) is 57.8 Å². The summed E-state index contributed by atoms with van der Waals surface area (Å²) >= 11 is 0. The molecule has 0 rings (SSSR count). The topological polar surface area (TPSA) is 38.3 Å². The van der Waals surface area contributed by atoms with Gasteiger partial charge in [-0.15, -0.1) is 0 Å². The van der Waals surface area contributed by atoms with E-state index in [1.807, 2.05) is 21.1 Å². The fourth-order valence-electron chi connectivity index (χ4n) is 3.92. The van der Waals surface area contributed by atoms with E-state index in [0.29, 0.717) is 11.0 Å². The van der Waals surface area contributed by atoms with Gasteiger partial charge in [0.05, 0.1) is 21.1 Å². The number of likely N-dealkylation sites (N-methyl/N-ethyl adjacent to an activating group) is 1. The van der Waals surface area contributed by atoms with Gasteiger partial charge in [-0.25, -0.2) is 0 Å². The molecule has 0 saturated carbocycles. The lowest BCUT2D eigenvalue weighted by Gasteiger charge is -2.22. The van der Waals surface area contributed by atoms with Crippen LogP contribution in [0.4, 0.5) is 0 Å². The summed E-state index contributed by atoms with van der Waals surface area (Å²) in [7, 11) is 6.09. The number of rotatable bonds is 24. The van der Waals surface area contributed by atoms with Crippen molar-refractivity contribution in [2.75, 3.05) is 47.4 Å². The number of ether oxygens (including phenoxy) is 1. The predicted octanol–water partition coefficient (Wildman–Crippen LogP) is 6.87. The zero-order chi connectivity index (χ0) is 23.0. The number of nitrogens with zero attached hydrogens (tertiary/aromatic N) is 1. The monoisotopic (exact) mass is 441 g/mol. The van der Waals surface area contributed by atoms with Crippen LogP contribution in [0.1, 0.15) is 122 Å². The van der Waals surface area contributed by atoms with Crippen LogP contribution in [0.15, 0.2) is 0 Å². The summed E-state index contributed by atoms with van der Waals surface area (Å²) in [5.74, 6) is 0.126. The SMILES string of the molecule is CCCCCCCCCCCCCCCCCCCOCCCNC(=O)C[N+](C)(C)C. The van der Waals surface area contributed by atoms with E-state index < -0.39 is 0 Å². The smallest absolute Gasteiger partial charge is 0.275 e. The molecule has 0 atom stereocenters. The predicted molar refractivity (Wildman–Crippen MR) is 136 cm³/mol. The van der Waals surface area contributed by atoms with Crippen molar-refractivity contribution in [3.63, 3.8) is 0 Å². The van der Waals surface area contributed by atoms with Gasteiger partial charge in [-0.3, -0.25) is 4.79 Å². The Kier molecular flexibility index (Phi) is 22.1. The first kappa shape index (κ1) is 30.4. The van der Waals surface area contributed by atoms with Crippen molar-refractivity contribution in [2.45, 2.75) is 122 Å². The van der Waals surface area contributed by atoms with Crippen molar-refractivity contribution < 1.29 is 14.0 Å². The normalized spacial score (nSPS) is 11.7. The van der Waals surface area contributed by atoms with E-state index in [1.54, 1.807) is 0 Å². The molecule has 0 aliphatic heterocycles. The molecular formula is C27H57N2O2+. The summed E-state index contributed by atoms with van der Waals surface area (Å²) < 4.78 is 6.35. The maximum absolute atomic E-state index is 11.7. The molecule has 0 spiro atoms. The van der Waals surface area contributed by atoms with Crippen LogP contribution in [-0.2, 0) is 9.53 Å². The van der Waals surface area contributed by atoms with Crippen LogP contribution >= 0.6 is 0 Å². The Bertz CT molecular complexity index is 380. The number of unbranched alkanes of at least 4 members (excludes halogenated alkanes) is 16. The van der Waals surface area contributed by atoms with Gasteiger partial charge < -0.3 is 14.5 Å². The molecule has 0 aromatic carbocycles. The van der Waals surface area contributed by atoms with Gasteiger partial charge in [0.2, 0.25) is 0 Å². The molecule has 1 N–H and O–H groups in total. The zero-order valence-electron chi connectivity index (χ0n) is 21.8. The van der Waals surface area contributed by atoms with Crippen molar-refractivity contribution >= 4 is 5.91 Å². The first-order valence-electron chi connectivity index (χ1n) is 13.6. The molecule has 0 aromatic heterocycles. The first-order chi connectivity index (χ1) is 15.0. The van der Waals surface area contributed by atoms with Gasteiger partial charge in [0.25, 0.3) is 5.91 Å². The fourth-order valence-corrected chi connectivity index (χ4v) is 3.92. The zero-order valence-corrected chi connectivity index (χ0v) is 21.8. The van der Waals surface area contributed by atoms with Crippen molar-refractivity contribution in [1.82, 2.24) is 5.32 Å². The highest BCUT2D eigenvalue weighted by molar-refractivity contribution is 5.76. The molecule has 0 aromatic rings. The van der Waals surface area contributed by atoms with Gasteiger partial charge in [0.1, 0.15) is 0 Å². The Morgan fingerprint density at radius 3 is 1.42 bits per heavy atom. The van der Waals surface area contributed by atoms with Gasteiger partial charge >= 0.3 is 0 Å². The lowest BCUT2D eigenvalue weighted by atomic mass is 10.0. The molecule has 0 aliphatic carbocycles. The third-order valence-corrected chi connectivity index (χ3v) is 5.80. The average molecular weight is 442 g/mol. The molecule has 4 heteroatoms. The molecule has 186 valence electrons. The summed E-state index contributed by atoms with van der Waals surface area (Å²) in [6.45, 7) is 5.16. The quantitative estimate of drug-likeness (QED) is 0.131. The van der Waals surface area contributed by atoms with Gasteiger partial charge in [0.15, 0.2) is 6.54 Å². The minimum atomic E-state index is 0.126. The van der Waals surface area contributed by atoms with Crippen LogP contribution in [0.2, 0.25) is 0 Å². The standard InChI is InChI=1S/C27H56N2O2/c1-5-6-7-8-9-10-11-12-13-14-15-16-17-18-19-20-21-24-31-25-22-23-28-27(30)26-29(2,3)4/h5-26H2,1-4H3/p+1. The van der Waals surface area contributed by atoms with E-state index in [9.17, 15) is 4.79 Å². The van der Waals surface area contributed by atoms with Gasteiger partial charge in [-0.2, -0.15) is 0 Å². The van der Waals surface area contributed by atoms with Crippen molar-refractivity contribution in [3.05, 3.63) is 0 Å². The van der Waals surface area contributed by atoms with Crippen molar-refractivity contribution in [2.24, 2.45) is 0 Å². The fraction of sp³-hybridized carbons (Fsp3) is 0.963. The first-order valence-corrected chi connectivity index (χ1v) is 13.6. The second kappa shape index (κ2) is 22.6. The third kappa shape index (κ3) is 27.4. The highest BCUT2D eigenvalue weighted by atomic mass is 16.5. The van der Waals surface area contributed by atoms with E-state index in [2.05, 4.69) is 12.2 Å². The Morgan fingerprint density at radius 2 is 1.00 bits per heavy atom. The number of amides is 1. The minimum Gasteiger partial charge on any atom is -0.381 e. The summed E-state index contributed by atoms with van der Waals surface area (Å²) in [4.78, 5) is 11.7. The number of hydrogen-bond donors (Lipinski definition) is 1. The van der Waals surface area contributed by atoms with Gasteiger partial charge in [0, 0.05) is 19.8 Å². The van der Waals surface area contributed by atoms with Crippen LogP contribution in [0.3, 0.4) is 0 Å². The number of nitrogens with one attached hydrogen (secondary N) is 1. The molecule has 0 fully saturated rings. The Morgan fingerprint density at radius 1 is 0.613 bits per heavy atom. The van der Waals surface area contributed by atoms with E-state index in [-0.39, 0.29) is 5.91 Å². The maximum atomic E-state index is 11.7. The summed E-state index contributed by atoms with van der Waals surface area (Å²) in [6, 6.07) is 0. The van der Waals surface area contributed by atoms with E-state index in [1.165, 1.54) is 109 Å². The Balaban J connectivity index is 3.10. The second-order valence-corrected chi connectivity index (χ2v) is 10.4. The Labute approximate surface area is 195 Å². The lowest BCUT2D eigenvalue weighted by Crippen LogP contribution is -2.44. The largest absolute Gasteiger partial charge is 0.381 e. The van der Waals surface area contributed by atoms with Crippen LogP contribution in [0.5, 0.6) is 0 Å². The van der Waals surface area contributed by atoms with E-state index >= 15 is 0 Å². The number of carbonyl (C=O) groups excluding carboxylic acids is 1. The number of quaternary nitrogens is 1. The van der Waals surface area contributed by atoms with Crippen molar-refractivity contribution in [3.8, 4) is 0 Å². The lowest BCUT2D eigenvalue weighted by molar-refractivity contribution is -0.862. The van der Waals surface area contributed by atoms with E-state index in [4.69, 9.17) is 4.74 Å². The second-order valence-electron chi connectivity index (χ2n) is 10.4. The van der Waals surface area contributed by atoms with Crippen LogP contribution in [0, 0.1) is 0 Å². The molecule has 0 heterocycles. The summed E-state index contributed by atoms with van der Waals surface area (Å²) in [5, 5.41) is 2.97. The Hall–Kier alpha value is -0.610. The number of hydrogen-bond acceptors (Lipinski definition) is 2. The molecule has 1 amide bonds. The molecule has 31 heavy (non-hydrogen) atoms. The highest BCUT2D eigenvalue weighted by Gasteiger charge is 2.13. The van der Waals surface area contributed by atoms with Crippen molar-refractivity contribution in [1.29, 1.82) is 0 Å². The maximum Gasteiger partial charge on any atom is 0.275 e. The molecule has 0 unspecified atom stereocenters. The molecule has 0 radical (unpaired) electrons. The van der Waals surface area contributed by atoms with Gasteiger partial charge in [-0.1, -0.05) is 110 Å². The van der Waals surface area contributed by atoms with Crippen LogP contribution < -0.4 is 5.32 Å². The summed E-state index contributed by atoms with van der Waals surface area (Å²) in [5.41, 5.74) is 0. The minimum absolute atomic E-state index is 0.126. The summed E-state index contributed by atoms with van der Waals surface area (Å²) in [6.07, 6.45) is 24.8. The van der Waals surface area contributed by atoms with Crippen LogP contribution in [0.25, 0.3) is 0 Å². The molecular weight excluding hydrogens is 384 g/mol. The molecule has 0 aliphatic rings.